The number of carbonyl (C=O) groups is 1. The van der Waals surface area contributed by atoms with E-state index in [9.17, 15) is 10.1 Å². The summed E-state index contributed by atoms with van der Waals surface area (Å²) in [4.78, 5) is 17.2. The molecule has 2 heterocycles. The summed E-state index contributed by atoms with van der Waals surface area (Å²) in [6.45, 7) is 0. The number of pyridine rings is 1. The second-order valence-electron chi connectivity index (χ2n) is 6.37. The number of benzene rings is 2. The number of amides is 1. The maximum atomic E-state index is 12.6. The molecule has 0 unspecified atom stereocenters. The molecule has 142 valence electrons. The van der Waals surface area contributed by atoms with E-state index >= 15 is 0 Å². The number of aromatic nitrogens is 3. The molecule has 0 aliphatic heterocycles. The summed E-state index contributed by atoms with van der Waals surface area (Å²) in [5.41, 5.74) is 1.90. The first-order valence-electron chi connectivity index (χ1n) is 8.95. The Kier molecular flexibility index (Phi) is 4.91. The zero-order valence-corrected chi connectivity index (χ0v) is 15.7. The second kappa shape index (κ2) is 7.82. The lowest BCUT2D eigenvalue weighted by Crippen LogP contribution is -2.18. The van der Waals surface area contributed by atoms with Gasteiger partial charge in [0.1, 0.15) is 17.4 Å². The molecule has 0 fully saturated rings. The number of rotatable bonds is 5. The van der Waals surface area contributed by atoms with Gasteiger partial charge < -0.3 is 10.1 Å². The number of fused-ring (bicyclic) bond motifs is 1. The van der Waals surface area contributed by atoms with Gasteiger partial charge in [0.2, 0.25) is 5.91 Å². The highest BCUT2D eigenvalue weighted by Gasteiger charge is 2.16. The summed E-state index contributed by atoms with van der Waals surface area (Å²) in [5, 5.41) is 17.5. The van der Waals surface area contributed by atoms with Crippen molar-refractivity contribution >= 4 is 22.6 Å². The van der Waals surface area contributed by atoms with Crippen LogP contribution in [-0.2, 0) is 11.2 Å². The molecule has 1 amide bonds. The number of methoxy groups -OCH3 is 1. The summed E-state index contributed by atoms with van der Waals surface area (Å²) in [5.74, 6) is 1.29. The topological polar surface area (TPSA) is 92.8 Å². The van der Waals surface area contributed by atoms with Gasteiger partial charge >= 0.3 is 0 Å². The van der Waals surface area contributed by atoms with Crippen molar-refractivity contribution in [3.05, 3.63) is 78.0 Å². The van der Waals surface area contributed by atoms with Crippen LogP contribution >= 0.6 is 0 Å². The normalized spacial score (nSPS) is 10.5. The van der Waals surface area contributed by atoms with Gasteiger partial charge in [0.25, 0.3) is 0 Å². The van der Waals surface area contributed by atoms with Crippen LogP contribution in [0.2, 0.25) is 0 Å². The van der Waals surface area contributed by atoms with E-state index in [1.54, 1.807) is 25.3 Å². The van der Waals surface area contributed by atoms with Gasteiger partial charge in [0, 0.05) is 5.39 Å². The molecule has 4 aromatic rings. The van der Waals surface area contributed by atoms with E-state index in [2.05, 4.69) is 21.5 Å². The van der Waals surface area contributed by atoms with Gasteiger partial charge in [-0.05, 0) is 35.9 Å². The third-order valence-electron chi connectivity index (χ3n) is 4.47. The smallest absolute Gasteiger partial charge is 0.229 e. The van der Waals surface area contributed by atoms with Crippen LogP contribution in [0.1, 0.15) is 11.1 Å². The molecule has 0 saturated carbocycles. The van der Waals surface area contributed by atoms with Crippen LogP contribution in [0, 0.1) is 11.3 Å². The van der Waals surface area contributed by atoms with Crippen molar-refractivity contribution in [1.82, 2.24) is 14.8 Å². The zero-order chi connectivity index (χ0) is 20.2. The Balaban J connectivity index is 1.61. The highest BCUT2D eigenvalue weighted by molar-refractivity contribution is 5.93. The van der Waals surface area contributed by atoms with Gasteiger partial charge in [-0.15, -0.1) is 0 Å². The number of hydrogen-bond acceptors (Lipinski definition) is 5. The van der Waals surface area contributed by atoms with Crippen LogP contribution in [0.5, 0.6) is 5.75 Å². The predicted molar refractivity (Wildman–Crippen MR) is 109 cm³/mol. The molecule has 29 heavy (non-hydrogen) atoms. The minimum Gasteiger partial charge on any atom is -0.497 e. The first-order chi connectivity index (χ1) is 14.2. The summed E-state index contributed by atoms with van der Waals surface area (Å²) in [7, 11) is 1.59. The van der Waals surface area contributed by atoms with Gasteiger partial charge in [-0.2, -0.15) is 15.0 Å². The number of ether oxygens (including phenoxy) is 1. The van der Waals surface area contributed by atoms with Crippen molar-refractivity contribution < 1.29 is 9.53 Å². The Hall–Kier alpha value is -4.18. The number of anilines is 1. The third-order valence-corrected chi connectivity index (χ3v) is 4.47. The average molecular weight is 383 g/mol. The van der Waals surface area contributed by atoms with Crippen molar-refractivity contribution in [1.29, 1.82) is 5.26 Å². The van der Waals surface area contributed by atoms with E-state index in [0.717, 1.165) is 22.2 Å². The Morgan fingerprint density at radius 3 is 2.69 bits per heavy atom. The summed E-state index contributed by atoms with van der Waals surface area (Å²) in [6, 6.07) is 20.7. The Bertz CT molecular complexity index is 1220. The fraction of sp³-hybridized carbons (Fsp3) is 0.0909. The summed E-state index contributed by atoms with van der Waals surface area (Å²) in [6.07, 6.45) is 1.57. The molecule has 0 aliphatic carbocycles. The fourth-order valence-corrected chi connectivity index (χ4v) is 3.00. The molecule has 0 atom stereocenters. The van der Waals surface area contributed by atoms with Crippen LogP contribution in [0.25, 0.3) is 16.7 Å². The summed E-state index contributed by atoms with van der Waals surface area (Å²) >= 11 is 0. The molecular weight excluding hydrogens is 366 g/mol. The number of nitrogens with zero attached hydrogens (tertiary/aromatic N) is 4. The molecule has 0 spiro atoms. The van der Waals surface area contributed by atoms with Crippen molar-refractivity contribution in [2.45, 2.75) is 6.42 Å². The van der Waals surface area contributed by atoms with E-state index in [0.29, 0.717) is 11.6 Å². The minimum absolute atomic E-state index is 0.158. The molecule has 4 rings (SSSR count). The number of para-hydroxylation sites is 1. The van der Waals surface area contributed by atoms with Crippen LogP contribution in [0.15, 0.2) is 66.9 Å². The number of carbonyl (C=O) groups excluding carboxylic acids is 1. The van der Waals surface area contributed by atoms with Crippen LogP contribution in [0.4, 0.5) is 5.82 Å². The molecule has 2 aromatic heterocycles. The van der Waals surface area contributed by atoms with Crippen molar-refractivity contribution in [2.75, 3.05) is 12.4 Å². The Labute approximate surface area is 167 Å². The highest BCUT2D eigenvalue weighted by atomic mass is 16.5. The molecule has 7 nitrogen and oxygen atoms in total. The monoisotopic (exact) mass is 383 g/mol. The van der Waals surface area contributed by atoms with Gasteiger partial charge in [0.05, 0.1) is 25.2 Å². The lowest BCUT2D eigenvalue weighted by atomic mass is 10.1. The van der Waals surface area contributed by atoms with Crippen molar-refractivity contribution in [2.24, 2.45) is 0 Å². The van der Waals surface area contributed by atoms with Crippen LogP contribution < -0.4 is 10.1 Å². The maximum Gasteiger partial charge on any atom is 0.229 e. The first kappa shape index (κ1) is 18.2. The molecule has 7 heteroatoms. The molecular formula is C22H17N5O2. The largest absolute Gasteiger partial charge is 0.497 e. The quantitative estimate of drug-likeness (QED) is 0.569. The van der Waals surface area contributed by atoms with E-state index in [-0.39, 0.29) is 17.9 Å². The number of nitriles is 1. The average Bonchev–Trinajstić information content (AvgIpc) is 3.16. The molecule has 1 N–H and O–H groups in total. The second-order valence-corrected chi connectivity index (χ2v) is 6.37. The molecule has 0 bridgehead atoms. The maximum absolute atomic E-state index is 12.6. The Morgan fingerprint density at radius 2 is 1.93 bits per heavy atom. The van der Waals surface area contributed by atoms with Crippen molar-refractivity contribution in [3.63, 3.8) is 0 Å². The number of hydrogen-bond donors (Lipinski definition) is 1. The minimum atomic E-state index is -0.255. The zero-order valence-electron chi connectivity index (χ0n) is 15.7. The van der Waals surface area contributed by atoms with E-state index in [1.165, 1.54) is 10.9 Å². The van der Waals surface area contributed by atoms with Crippen LogP contribution in [-0.4, -0.2) is 27.8 Å². The van der Waals surface area contributed by atoms with Gasteiger partial charge in [-0.1, -0.05) is 30.3 Å². The van der Waals surface area contributed by atoms with Crippen molar-refractivity contribution in [3.8, 4) is 17.6 Å². The highest BCUT2D eigenvalue weighted by Crippen LogP contribution is 2.21. The lowest BCUT2D eigenvalue weighted by Gasteiger charge is -2.10. The standard InChI is InChI=1S/C22H17N5O2/c1-29-18-9-6-15(7-10-18)12-21(28)26-22-17(13-23)14-24-27(22)20-11-8-16-4-2-3-5-19(16)25-20/h2-11,14H,12H2,1H3,(H,26,28). The lowest BCUT2D eigenvalue weighted by molar-refractivity contribution is -0.115. The van der Waals surface area contributed by atoms with E-state index < -0.39 is 0 Å². The van der Waals surface area contributed by atoms with E-state index in [1.807, 2.05) is 42.5 Å². The molecule has 0 aliphatic rings. The Morgan fingerprint density at radius 1 is 1.14 bits per heavy atom. The molecule has 0 saturated heterocycles. The third kappa shape index (κ3) is 3.77. The van der Waals surface area contributed by atoms with Gasteiger partial charge in [-0.25, -0.2) is 4.98 Å². The molecule has 0 radical (unpaired) electrons. The molecule has 2 aromatic carbocycles. The number of nitrogens with one attached hydrogen (secondary N) is 1. The SMILES string of the molecule is COc1ccc(CC(=O)Nc2c(C#N)cnn2-c2ccc3ccccc3n2)cc1. The predicted octanol–water partition coefficient (Wildman–Crippen LogP) is 3.48. The van der Waals surface area contributed by atoms with Crippen LogP contribution in [0.3, 0.4) is 0 Å². The van der Waals surface area contributed by atoms with Gasteiger partial charge in [0.15, 0.2) is 11.6 Å². The van der Waals surface area contributed by atoms with Gasteiger partial charge in [-0.3, -0.25) is 4.79 Å². The first-order valence-corrected chi connectivity index (χ1v) is 8.95. The summed E-state index contributed by atoms with van der Waals surface area (Å²) < 4.78 is 6.60. The fourth-order valence-electron chi connectivity index (χ4n) is 3.00. The van der Waals surface area contributed by atoms with E-state index in [4.69, 9.17) is 4.74 Å².